The summed E-state index contributed by atoms with van der Waals surface area (Å²) in [6.07, 6.45) is 1.40. The molecule has 29 heavy (non-hydrogen) atoms. The third-order valence-corrected chi connectivity index (χ3v) is 4.84. The summed E-state index contributed by atoms with van der Waals surface area (Å²) < 4.78 is 6.02. The lowest BCUT2D eigenvalue weighted by atomic mass is 9.90. The van der Waals surface area contributed by atoms with Crippen molar-refractivity contribution < 1.29 is 9.53 Å². The van der Waals surface area contributed by atoms with Crippen LogP contribution in [-0.2, 0) is 4.79 Å². The van der Waals surface area contributed by atoms with E-state index in [0.717, 1.165) is 23.4 Å². The SMILES string of the molecule is CCC(CNC(=NC)NCC1CC(=O)Nc2ccccc21)Oc1ccccc1.I. The van der Waals surface area contributed by atoms with E-state index < -0.39 is 0 Å². The van der Waals surface area contributed by atoms with Gasteiger partial charge >= 0.3 is 0 Å². The minimum atomic E-state index is 0. The van der Waals surface area contributed by atoms with Crippen LogP contribution in [0.2, 0.25) is 0 Å². The number of carbonyl (C=O) groups excluding carboxylic acids is 1. The summed E-state index contributed by atoms with van der Waals surface area (Å²) in [6, 6.07) is 17.8. The molecule has 0 bridgehead atoms. The highest BCUT2D eigenvalue weighted by atomic mass is 127. The van der Waals surface area contributed by atoms with E-state index in [1.807, 2.05) is 48.5 Å². The first kappa shape index (κ1) is 23.0. The quantitative estimate of drug-likeness (QED) is 0.303. The third kappa shape index (κ3) is 6.62. The van der Waals surface area contributed by atoms with Crippen LogP contribution in [-0.4, -0.2) is 38.1 Å². The molecule has 2 aromatic rings. The monoisotopic (exact) mass is 508 g/mol. The van der Waals surface area contributed by atoms with Gasteiger partial charge in [0.25, 0.3) is 0 Å². The van der Waals surface area contributed by atoms with Gasteiger partial charge in [0.1, 0.15) is 11.9 Å². The molecule has 156 valence electrons. The van der Waals surface area contributed by atoms with Crippen LogP contribution in [0.4, 0.5) is 5.69 Å². The Morgan fingerprint density at radius 2 is 1.90 bits per heavy atom. The van der Waals surface area contributed by atoms with E-state index in [-0.39, 0.29) is 41.9 Å². The molecule has 0 spiro atoms. The Kier molecular flexibility index (Phi) is 9.24. The van der Waals surface area contributed by atoms with E-state index in [1.54, 1.807) is 7.05 Å². The zero-order valence-electron chi connectivity index (χ0n) is 16.9. The van der Waals surface area contributed by atoms with Crippen molar-refractivity contribution in [1.29, 1.82) is 0 Å². The molecule has 0 saturated heterocycles. The topological polar surface area (TPSA) is 74.8 Å². The molecule has 6 nitrogen and oxygen atoms in total. The minimum Gasteiger partial charge on any atom is -0.489 e. The number of ether oxygens (including phenoxy) is 1. The zero-order chi connectivity index (χ0) is 19.8. The number of benzene rings is 2. The molecule has 3 rings (SSSR count). The molecule has 1 aliphatic heterocycles. The average molecular weight is 508 g/mol. The molecule has 0 saturated carbocycles. The molecule has 3 N–H and O–H groups in total. The van der Waals surface area contributed by atoms with Crippen LogP contribution in [0, 0.1) is 0 Å². The van der Waals surface area contributed by atoms with E-state index in [2.05, 4.69) is 33.9 Å². The smallest absolute Gasteiger partial charge is 0.225 e. The molecule has 7 heteroatoms. The van der Waals surface area contributed by atoms with Gasteiger partial charge in [-0.05, 0) is 30.2 Å². The number of hydrogen-bond acceptors (Lipinski definition) is 3. The van der Waals surface area contributed by atoms with Crippen molar-refractivity contribution >= 4 is 41.5 Å². The predicted molar refractivity (Wildman–Crippen MR) is 128 cm³/mol. The van der Waals surface area contributed by atoms with Gasteiger partial charge in [0.05, 0.1) is 6.54 Å². The number of guanidine groups is 1. The highest BCUT2D eigenvalue weighted by Gasteiger charge is 2.24. The zero-order valence-corrected chi connectivity index (χ0v) is 19.2. The first-order valence-corrected chi connectivity index (χ1v) is 9.74. The minimum absolute atomic E-state index is 0. The molecule has 2 unspecified atom stereocenters. The van der Waals surface area contributed by atoms with Gasteiger partial charge in [-0.3, -0.25) is 9.79 Å². The van der Waals surface area contributed by atoms with Crippen molar-refractivity contribution in [3.8, 4) is 5.75 Å². The highest BCUT2D eigenvalue weighted by Crippen LogP contribution is 2.31. The van der Waals surface area contributed by atoms with Crippen LogP contribution >= 0.6 is 24.0 Å². The van der Waals surface area contributed by atoms with Crippen molar-refractivity contribution in [3.05, 3.63) is 60.2 Å². The van der Waals surface area contributed by atoms with Crippen LogP contribution < -0.4 is 20.7 Å². The van der Waals surface area contributed by atoms with E-state index >= 15 is 0 Å². The lowest BCUT2D eigenvalue weighted by Crippen LogP contribution is -2.44. The van der Waals surface area contributed by atoms with Gasteiger partial charge in [0, 0.05) is 31.6 Å². The average Bonchev–Trinajstić information content (AvgIpc) is 2.73. The second kappa shape index (κ2) is 11.6. The summed E-state index contributed by atoms with van der Waals surface area (Å²) in [7, 11) is 1.75. The van der Waals surface area contributed by atoms with Gasteiger partial charge in [0.2, 0.25) is 5.91 Å². The Balaban J connectivity index is 0.00000300. The maximum atomic E-state index is 12.0. The number of aliphatic imine (C=N–C) groups is 1. The van der Waals surface area contributed by atoms with E-state index in [1.165, 1.54) is 0 Å². The van der Waals surface area contributed by atoms with Crippen LogP contribution in [0.15, 0.2) is 59.6 Å². The number of hydrogen-bond donors (Lipinski definition) is 3. The second-order valence-corrected chi connectivity index (χ2v) is 6.83. The van der Waals surface area contributed by atoms with Crippen molar-refractivity contribution in [2.24, 2.45) is 4.99 Å². The molecule has 0 aliphatic carbocycles. The van der Waals surface area contributed by atoms with Gasteiger partial charge in [-0.25, -0.2) is 0 Å². The van der Waals surface area contributed by atoms with E-state index in [4.69, 9.17) is 4.74 Å². The van der Waals surface area contributed by atoms with Crippen molar-refractivity contribution in [1.82, 2.24) is 10.6 Å². The maximum absolute atomic E-state index is 12.0. The molecule has 0 fully saturated rings. The second-order valence-electron chi connectivity index (χ2n) is 6.83. The standard InChI is InChI=1S/C22H28N4O2.HI/c1-3-17(28-18-9-5-4-6-10-18)15-25-22(23-2)24-14-16-13-21(27)26-20-12-8-7-11-19(16)20;/h4-12,16-17H,3,13-15H2,1-2H3,(H,26,27)(H2,23,24,25);1H. The van der Waals surface area contributed by atoms with Crippen LogP contribution in [0.5, 0.6) is 5.75 Å². The van der Waals surface area contributed by atoms with Gasteiger partial charge < -0.3 is 20.7 Å². The molecule has 1 aliphatic rings. The number of halogens is 1. The number of rotatable bonds is 7. The fraction of sp³-hybridized carbons (Fsp3) is 0.364. The molecule has 0 radical (unpaired) electrons. The first-order chi connectivity index (χ1) is 13.7. The Labute approximate surface area is 189 Å². The van der Waals surface area contributed by atoms with Crippen LogP contribution in [0.3, 0.4) is 0 Å². The molecular formula is C22H29IN4O2. The van der Waals surface area contributed by atoms with Gasteiger partial charge in [0.15, 0.2) is 5.96 Å². The number of fused-ring (bicyclic) bond motifs is 1. The number of anilines is 1. The molecule has 0 aromatic heterocycles. The number of nitrogens with zero attached hydrogens (tertiary/aromatic N) is 1. The Morgan fingerprint density at radius 1 is 1.17 bits per heavy atom. The van der Waals surface area contributed by atoms with Crippen molar-refractivity contribution in [2.45, 2.75) is 31.8 Å². The molecule has 1 heterocycles. The van der Waals surface area contributed by atoms with Gasteiger partial charge in [-0.15, -0.1) is 24.0 Å². The summed E-state index contributed by atoms with van der Waals surface area (Å²) in [5.41, 5.74) is 2.06. The van der Waals surface area contributed by atoms with E-state index in [0.29, 0.717) is 25.5 Å². The molecule has 2 aromatic carbocycles. The summed E-state index contributed by atoms with van der Waals surface area (Å²) >= 11 is 0. The Morgan fingerprint density at radius 3 is 2.62 bits per heavy atom. The van der Waals surface area contributed by atoms with E-state index in [9.17, 15) is 4.79 Å². The normalized spacial score (nSPS) is 16.7. The Hall–Kier alpha value is -2.29. The van der Waals surface area contributed by atoms with Crippen LogP contribution in [0.25, 0.3) is 0 Å². The lowest BCUT2D eigenvalue weighted by Gasteiger charge is -2.26. The number of amides is 1. The van der Waals surface area contributed by atoms with Crippen molar-refractivity contribution in [3.63, 3.8) is 0 Å². The van der Waals surface area contributed by atoms with Crippen LogP contribution in [0.1, 0.15) is 31.2 Å². The van der Waals surface area contributed by atoms with Gasteiger partial charge in [-0.2, -0.15) is 0 Å². The molecular weight excluding hydrogens is 479 g/mol. The predicted octanol–water partition coefficient (Wildman–Crippen LogP) is 3.75. The maximum Gasteiger partial charge on any atom is 0.225 e. The highest BCUT2D eigenvalue weighted by molar-refractivity contribution is 14.0. The third-order valence-electron chi connectivity index (χ3n) is 4.84. The first-order valence-electron chi connectivity index (χ1n) is 9.74. The van der Waals surface area contributed by atoms with Crippen molar-refractivity contribution in [2.75, 3.05) is 25.5 Å². The van der Waals surface area contributed by atoms with Gasteiger partial charge in [-0.1, -0.05) is 43.3 Å². The fourth-order valence-electron chi connectivity index (χ4n) is 3.30. The number of nitrogens with one attached hydrogen (secondary N) is 3. The number of carbonyl (C=O) groups is 1. The summed E-state index contributed by atoms with van der Waals surface area (Å²) in [5.74, 6) is 1.74. The Bertz CT molecular complexity index is 813. The lowest BCUT2D eigenvalue weighted by molar-refractivity contribution is -0.116. The summed E-state index contributed by atoms with van der Waals surface area (Å²) in [6.45, 7) is 3.39. The fourth-order valence-corrected chi connectivity index (χ4v) is 3.30. The number of para-hydroxylation sites is 2. The largest absolute Gasteiger partial charge is 0.489 e. The molecule has 1 amide bonds. The summed E-state index contributed by atoms with van der Waals surface area (Å²) in [4.78, 5) is 16.3. The molecule has 2 atom stereocenters. The summed E-state index contributed by atoms with van der Waals surface area (Å²) in [5, 5.41) is 9.61.